The summed E-state index contributed by atoms with van der Waals surface area (Å²) in [5.41, 5.74) is 1.12. The van der Waals surface area contributed by atoms with Gasteiger partial charge in [0.2, 0.25) is 5.95 Å². The molecule has 6 atom stereocenters. The number of anilines is 1. The standard InChI is InChI=1S/C10H15N4O14P3/c1-2-10(17)6(15)5(26-7(10)14-4-12-8(11)13-9(14)16)3-25-30(21,22)28-31(23,24)27-29(18,19)20/h1,4-7,15,17H,3H2,(H,21,22)(H,23,24)(H2,11,13,16)(H2,18,19,20)/t5-,6+,7-,10?/m1/s1/i3D2. The summed E-state index contributed by atoms with van der Waals surface area (Å²) in [5, 5.41) is 20.9. The largest absolute Gasteiger partial charge is 0.490 e. The molecule has 18 nitrogen and oxygen atoms in total. The SMILES string of the molecule is [2H]C([2H])(OP(=O)(O)OP(=O)(O)OP(=O)(O)O)[C@H]1O[C@@H](n2cnc(N)nc2=O)C(O)(C#C)[C@H]1O. The van der Waals surface area contributed by atoms with E-state index in [9.17, 15) is 33.6 Å². The molecule has 1 aromatic rings. The van der Waals surface area contributed by atoms with Crippen molar-refractivity contribution in [3.63, 3.8) is 0 Å². The lowest BCUT2D eigenvalue weighted by atomic mass is 9.95. The van der Waals surface area contributed by atoms with E-state index in [1.807, 2.05) is 0 Å². The van der Waals surface area contributed by atoms with Gasteiger partial charge < -0.3 is 40.3 Å². The maximum absolute atomic E-state index is 12.0. The second-order valence-electron chi connectivity index (χ2n) is 5.53. The molecule has 1 saturated heterocycles. The van der Waals surface area contributed by atoms with E-state index in [4.69, 9.17) is 34.3 Å². The van der Waals surface area contributed by atoms with Crippen LogP contribution in [0, 0.1) is 12.3 Å². The second-order valence-corrected chi connectivity index (χ2v) is 9.87. The van der Waals surface area contributed by atoms with E-state index in [2.05, 4.69) is 23.1 Å². The van der Waals surface area contributed by atoms with Gasteiger partial charge in [-0.05, 0) is 0 Å². The van der Waals surface area contributed by atoms with Crippen LogP contribution in [-0.4, -0.2) is 68.7 Å². The number of rotatable bonds is 8. The molecule has 174 valence electrons. The van der Waals surface area contributed by atoms with Crippen LogP contribution in [-0.2, 0) is 31.6 Å². The molecule has 31 heavy (non-hydrogen) atoms. The van der Waals surface area contributed by atoms with Crippen LogP contribution in [0.1, 0.15) is 8.97 Å². The number of aromatic nitrogens is 3. The van der Waals surface area contributed by atoms with Crippen molar-refractivity contribution in [1.29, 1.82) is 0 Å². The predicted octanol–water partition coefficient (Wildman–Crippen LogP) is -2.81. The van der Waals surface area contributed by atoms with Gasteiger partial charge in [-0.15, -0.1) is 6.42 Å². The number of aliphatic hydroxyl groups is 2. The first kappa shape index (κ1) is 22.6. The van der Waals surface area contributed by atoms with Gasteiger partial charge in [0.1, 0.15) is 18.5 Å². The molecule has 0 radical (unpaired) electrons. The maximum atomic E-state index is 12.0. The lowest BCUT2D eigenvalue weighted by Gasteiger charge is -2.25. The Kier molecular flexibility index (Phi) is 6.41. The molecule has 0 saturated carbocycles. The van der Waals surface area contributed by atoms with Gasteiger partial charge in [0.25, 0.3) is 0 Å². The fourth-order valence-electron chi connectivity index (χ4n) is 2.15. The van der Waals surface area contributed by atoms with Crippen LogP contribution in [0.3, 0.4) is 0 Å². The summed E-state index contributed by atoms with van der Waals surface area (Å²) in [5.74, 6) is 1.17. The molecule has 21 heteroatoms. The van der Waals surface area contributed by atoms with Crippen LogP contribution >= 0.6 is 23.5 Å². The van der Waals surface area contributed by atoms with Crippen molar-refractivity contribution in [2.24, 2.45) is 0 Å². The Morgan fingerprint density at radius 2 is 1.94 bits per heavy atom. The number of nitrogen functional groups attached to an aromatic ring is 1. The highest BCUT2D eigenvalue weighted by molar-refractivity contribution is 7.66. The van der Waals surface area contributed by atoms with E-state index in [1.54, 1.807) is 5.92 Å². The zero-order chi connectivity index (χ0) is 25.6. The maximum Gasteiger partial charge on any atom is 0.490 e. The zero-order valence-corrected chi connectivity index (χ0v) is 17.3. The second kappa shape index (κ2) is 8.77. The Balaban J connectivity index is 2.35. The molecule has 0 amide bonds. The van der Waals surface area contributed by atoms with Crippen molar-refractivity contribution in [3.05, 3.63) is 16.8 Å². The van der Waals surface area contributed by atoms with Crippen LogP contribution in [0.25, 0.3) is 0 Å². The van der Waals surface area contributed by atoms with E-state index >= 15 is 0 Å². The molecule has 1 fully saturated rings. The molecule has 1 aliphatic heterocycles. The van der Waals surface area contributed by atoms with E-state index in [0.29, 0.717) is 10.9 Å². The quantitative estimate of drug-likeness (QED) is 0.137. The number of aliphatic hydroxyl groups excluding tert-OH is 1. The van der Waals surface area contributed by atoms with Gasteiger partial charge in [0, 0.05) is 0 Å². The van der Waals surface area contributed by atoms with Gasteiger partial charge >= 0.3 is 29.2 Å². The predicted molar refractivity (Wildman–Crippen MR) is 94.2 cm³/mol. The van der Waals surface area contributed by atoms with Crippen molar-refractivity contribution < 1.29 is 64.1 Å². The third kappa shape index (κ3) is 6.25. The normalized spacial score (nSPS) is 31.7. The molecule has 0 aliphatic carbocycles. The first-order valence-electron chi connectivity index (χ1n) is 8.32. The van der Waals surface area contributed by atoms with Gasteiger partial charge in [-0.25, -0.2) is 23.5 Å². The molecule has 0 spiro atoms. The Morgan fingerprint density at radius 3 is 2.45 bits per heavy atom. The number of hydrogen-bond acceptors (Lipinski definition) is 13. The molecule has 8 N–H and O–H groups in total. The van der Waals surface area contributed by atoms with E-state index in [1.165, 1.54) is 0 Å². The van der Waals surface area contributed by atoms with Crippen molar-refractivity contribution in [2.75, 3.05) is 12.3 Å². The highest BCUT2D eigenvalue weighted by Gasteiger charge is 2.56. The van der Waals surface area contributed by atoms with Gasteiger partial charge in [-0.1, -0.05) is 5.92 Å². The number of nitrogens with zero attached hydrogens (tertiary/aromatic N) is 3. The highest BCUT2D eigenvalue weighted by atomic mass is 31.3. The number of hydrogen-bond donors (Lipinski definition) is 7. The summed E-state index contributed by atoms with van der Waals surface area (Å²) in [6.45, 7) is -3.69. The lowest BCUT2D eigenvalue weighted by molar-refractivity contribution is -0.0765. The van der Waals surface area contributed by atoms with Gasteiger partial charge in [-0.3, -0.25) is 9.09 Å². The van der Waals surface area contributed by atoms with Crippen molar-refractivity contribution in [3.8, 4) is 12.3 Å². The number of nitrogens with two attached hydrogens (primary N) is 1. The fourth-order valence-corrected chi connectivity index (χ4v) is 5.03. The van der Waals surface area contributed by atoms with Gasteiger partial charge in [-0.2, -0.15) is 13.6 Å². The zero-order valence-electron chi connectivity index (χ0n) is 16.6. The molecule has 3 unspecified atom stereocenters. The fraction of sp³-hybridized carbons (Fsp3) is 0.500. The van der Waals surface area contributed by atoms with Crippen LogP contribution < -0.4 is 11.4 Å². The lowest BCUT2D eigenvalue weighted by Crippen LogP contribution is -2.47. The molecule has 0 bridgehead atoms. The summed E-state index contributed by atoms with van der Waals surface area (Å²) in [7, 11) is -17.8. The molecule has 1 aromatic heterocycles. The van der Waals surface area contributed by atoms with E-state index in [0.717, 1.165) is 0 Å². The van der Waals surface area contributed by atoms with Crippen LogP contribution in [0.15, 0.2) is 11.1 Å². The minimum absolute atomic E-state index is 0.403. The summed E-state index contributed by atoms with van der Waals surface area (Å²) in [4.78, 5) is 54.4. The highest BCUT2D eigenvalue weighted by Crippen LogP contribution is 2.66. The van der Waals surface area contributed by atoms with Crippen LogP contribution in [0.2, 0.25) is 0 Å². The Labute approximate surface area is 174 Å². The minimum Gasteiger partial charge on any atom is -0.386 e. The number of phosphoric ester groups is 1. The minimum atomic E-state index is -6.05. The van der Waals surface area contributed by atoms with Crippen molar-refractivity contribution >= 4 is 29.4 Å². The molecular weight excluding hydrogens is 493 g/mol. The Morgan fingerprint density at radius 1 is 1.32 bits per heavy atom. The number of phosphoric acid groups is 3. The number of ether oxygens (including phenoxy) is 1. The summed E-state index contributed by atoms with van der Waals surface area (Å²) in [6.07, 6.45) is -1.24. The van der Waals surface area contributed by atoms with E-state index < -0.39 is 65.7 Å². The summed E-state index contributed by atoms with van der Waals surface area (Å²) in [6, 6.07) is 0. The third-order valence-electron chi connectivity index (χ3n) is 3.32. The summed E-state index contributed by atoms with van der Waals surface area (Å²) < 4.78 is 65.9. The first-order chi connectivity index (χ1) is 14.7. The monoisotopic (exact) mass is 510 g/mol. The van der Waals surface area contributed by atoms with Gasteiger partial charge in [0.15, 0.2) is 11.8 Å². The van der Waals surface area contributed by atoms with Crippen LogP contribution in [0.5, 0.6) is 0 Å². The molecular formula is C10H15N4O14P3. The first-order valence-corrected chi connectivity index (χ1v) is 11.8. The van der Waals surface area contributed by atoms with E-state index in [-0.39, 0.29) is 0 Å². The third-order valence-corrected chi connectivity index (χ3v) is 6.98. The molecule has 2 heterocycles. The molecule has 1 aliphatic rings. The number of terminal acetylenes is 1. The van der Waals surface area contributed by atoms with Crippen molar-refractivity contribution in [2.45, 2.75) is 24.0 Å². The summed E-state index contributed by atoms with van der Waals surface area (Å²) >= 11 is 0. The molecule has 0 aromatic carbocycles. The van der Waals surface area contributed by atoms with Crippen LogP contribution in [0.4, 0.5) is 5.95 Å². The molecule has 2 rings (SSSR count). The average Bonchev–Trinajstić information content (AvgIpc) is 2.83. The van der Waals surface area contributed by atoms with Gasteiger partial charge in [0.05, 0.1) is 9.30 Å². The Hall–Kier alpha value is -1.54. The van der Waals surface area contributed by atoms with Crippen molar-refractivity contribution in [1.82, 2.24) is 14.5 Å². The smallest absolute Gasteiger partial charge is 0.386 e. The average molecular weight is 510 g/mol. The topological polar surface area (TPSA) is 283 Å². The Bertz CT molecular complexity index is 1170.